The number of oxime groups is 1. The summed E-state index contributed by atoms with van der Waals surface area (Å²) >= 11 is 5.80. The normalized spacial score (nSPS) is 11.9. The molecule has 2 aromatic rings. The van der Waals surface area contributed by atoms with E-state index in [1.165, 1.54) is 0 Å². The number of halogens is 1. The summed E-state index contributed by atoms with van der Waals surface area (Å²) in [6, 6.07) is 6.52. The van der Waals surface area contributed by atoms with Crippen molar-refractivity contribution in [1.82, 2.24) is 9.97 Å². The third-order valence-corrected chi connectivity index (χ3v) is 3.78. The minimum absolute atomic E-state index is 0.100. The topological polar surface area (TPSA) is 169 Å². The lowest BCUT2D eigenvalue weighted by Crippen LogP contribution is -2.43. The summed E-state index contributed by atoms with van der Waals surface area (Å²) in [5, 5.41) is 36.7. The van der Waals surface area contributed by atoms with E-state index in [0.717, 1.165) is 0 Å². The molecule has 11 nitrogen and oxygen atoms in total. The molecule has 5 N–H and O–H groups in total. The molecule has 0 bridgehead atoms. The maximum absolute atomic E-state index is 11.2. The minimum Gasteiger partial charge on any atom is -0.488 e. The molecule has 0 amide bonds. The third-order valence-electron chi connectivity index (χ3n) is 3.53. The summed E-state index contributed by atoms with van der Waals surface area (Å²) in [6.45, 7) is 3.01. The zero-order valence-electron chi connectivity index (χ0n) is 14.4. The molecule has 2 rings (SSSR count). The largest absolute Gasteiger partial charge is 0.488 e. The summed E-state index contributed by atoms with van der Waals surface area (Å²) in [7, 11) is 0. The molecule has 0 radical (unpaired) electrons. The molecule has 0 atom stereocenters. The molecule has 27 heavy (non-hydrogen) atoms. The van der Waals surface area contributed by atoms with Crippen LogP contribution in [-0.2, 0) is 0 Å². The first-order valence-electron chi connectivity index (χ1n) is 7.53. The van der Waals surface area contributed by atoms with Crippen LogP contribution in [0.2, 0.25) is 5.02 Å². The van der Waals surface area contributed by atoms with Gasteiger partial charge in [-0.05, 0) is 38.1 Å². The predicted molar refractivity (Wildman–Crippen MR) is 98.6 cm³/mol. The van der Waals surface area contributed by atoms with Gasteiger partial charge in [0, 0.05) is 5.02 Å². The highest BCUT2D eigenvalue weighted by molar-refractivity contribution is 6.30. The predicted octanol–water partition coefficient (Wildman–Crippen LogP) is 2.43. The van der Waals surface area contributed by atoms with Gasteiger partial charge in [-0.2, -0.15) is 9.97 Å². The van der Waals surface area contributed by atoms with Crippen LogP contribution in [0.4, 0.5) is 17.5 Å². The molecule has 0 aliphatic carbocycles. The van der Waals surface area contributed by atoms with E-state index in [4.69, 9.17) is 22.1 Å². The Balaban J connectivity index is 2.23. The van der Waals surface area contributed by atoms with Crippen molar-refractivity contribution in [3.63, 3.8) is 0 Å². The van der Waals surface area contributed by atoms with Gasteiger partial charge < -0.3 is 26.1 Å². The molecule has 1 heterocycles. The SMILES string of the molecule is CC(C)(Nc1nc(N)nc(O)c1[N+](=O)[O-])C(COc1ccc(Cl)cc1)=NO. The molecule has 1 aromatic carbocycles. The van der Waals surface area contributed by atoms with Crippen molar-refractivity contribution >= 4 is 34.8 Å². The second-order valence-electron chi connectivity index (χ2n) is 5.90. The van der Waals surface area contributed by atoms with E-state index in [1.807, 2.05) is 0 Å². The van der Waals surface area contributed by atoms with Crippen LogP contribution in [-0.4, -0.2) is 43.1 Å². The van der Waals surface area contributed by atoms with Gasteiger partial charge in [0.2, 0.25) is 11.8 Å². The van der Waals surface area contributed by atoms with Gasteiger partial charge in [0.1, 0.15) is 18.1 Å². The Hall–Kier alpha value is -3.34. The van der Waals surface area contributed by atoms with E-state index in [1.54, 1.807) is 38.1 Å². The fraction of sp³-hybridized carbons (Fsp3) is 0.267. The summed E-state index contributed by atoms with van der Waals surface area (Å²) < 4.78 is 5.53. The maximum Gasteiger partial charge on any atom is 0.372 e. The van der Waals surface area contributed by atoms with Gasteiger partial charge in [0.25, 0.3) is 5.88 Å². The van der Waals surface area contributed by atoms with Crippen LogP contribution in [0.25, 0.3) is 0 Å². The quantitative estimate of drug-likeness (QED) is 0.237. The highest BCUT2D eigenvalue weighted by Crippen LogP contribution is 2.33. The number of hydrogen-bond acceptors (Lipinski definition) is 10. The number of nitrogens with two attached hydrogens (primary N) is 1. The Morgan fingerprint density at radius 2 is 2.04 bits per heavy atom. The maximum atomic E-state index is 11.2. The molecule has 0 spiro atoms. The molecular weight excluding hydrogens is 380 g/mol. The molecule has 1 aromatic heterocycles. The third kappa shape index (κ3) is 4.85. The second kappa shape index (κ2) is 7.91. The number of nitrogens with zero attached hydrogens (tertiary/aromatic N) is 4. The van der Waals surface area contributed by atoms with Crippen LogP contribution in [0.1, 0.15) is 13.8 Å². The van der Waals surface area contributed by atoms with Crippen molar-refractivity contribution in [2.75, 3.05) is 17.7 Å². The van der Waals surface area contributed by atoms with Gasteiger partial charge in [0.05, 0.1) is 10.5 Å². The summed E-state index contributed by atoms with van der Waals surface area (Å²) in [6.07, 6.45) is 0. The number of nitro groups is 1. The number of benzene rings is 1. The van der Waals surface area contributed by atoms with Crippen LogP contribution >= 0.6 is 11.6 Å². The highest BCUT2D eigenvalue weighted by atomic mass is 35.5. The first kappa shape index (κ1) is 20.0. The smallest absolute Gasteiger partial charge is 0.372 e. The van der Waals surface area contributed by atoms with Crippen molar-refractivity contribution in [3.8, 4) is 11.6 Å². The first-order chi connectivity index (χ1) is 12.6. The summed E-state index contributed by atoms with van der Waals surface area (Å²) in [5.74, 6) is -1.10. The lowest BCUT2D eigenvalue weighted by atomic mass is 9.98. The average Bonchev–Trinajstić information content (AvgIpc) is 2.55. The van der Waals surface area contributed by atoms with Gasteiger partial charge in [0.15, 0.2) is 0 Å². The fourth-order valence-electron chi connectivity index (χ4n) is 2.10. The molecule has 0 saturated carbocycles. The van der Waals surface area contributed by atoms with Crippen molar-refractivity contribution in [2.24, 2.45) is 5.16 Å². The number of anilines is 2. The van der Waals surface area contributed by atoms with E-state index in [-0.39, 0.29) is 24.1 Å². The molecule has 0 saturated heterocycles. The van der Waals surface area contributed by atoms with Gasteiger partial charge in [-0.15, -0.1) is 0 Å². The lowest BCUT2D eigenvalue weighted by Gasteiger charge is -2.27. The standard InChI is InChI=1S/C15H17ClN6O5/c1-15(2,10(21-24)7-27-9-5-3-8(16)4-6-9)20-12-11(22(25)26)13(23)19-14(17)18-12/h3-6,24H,7H2,1-2H3,(H4,17,18,19,20,23). The van der Waals surface area contributed by atoms with Crippen molar-refractivity contribution in [3.05, 3.63) is 39.4 Å². The van der Waals surface area contributed by atoms with Crippen molar-refractivity contribution in [2.45, 2.75) is 19.4 Å². The van der Waals surface area contributed by atoms with Crippen LogP contribution in [0.3, 0.4) is 0 Å². The van der Waals surface area contributed by atoms with Crippen LogP contribution in [0.15, 0.2) is 29.4 Å². The number of nitrogen functional groups attached to an aromatic ring is 1. The van der Waals surface area contributed by atoms with E-state index >= 15 is 0 Å². The number of aromatic nitrogens is 2. The lowest BCUT2D eigenvalue weighted by molar-refractivity contribution is -0.385. The Morgan fingerprint density at radius 3 is 2.59 bits per heavy atom. The molecule has 0 aliphatic heterocycles. The number of hydrogen-bond donors (Lipinski definition) is 4. The summed E-state index contributed by atoms with van der Waals surface area (Å²) in [5.41, 5.74) is 3.63. The molecule has 0 fully saturated rings. The summed E-state index contributed by atoms with van der Waals surface area (Å²) in [4.78, 5) is 17.4. The molecule has 144 valence electrons. The van der Waals surface area contributed by atoms with Gasteiger partial charge in [-0.25, -0.2) is 0 Å². The first-order valence-corrected chi connectivity index (χ1v) is 7.90. The number of nitrogens with one attached hydrogen (secondary N) is 1. The van der Waals surface area contributed by atoms with Crippen molar-refractivity contribution in [1.29, 1.82) is 0 Å². The molecule has 12 heteroatoms. The van der Waals surface area contributed by atoms with Crippen LogP contribution in [0.5, 0.6) is 11.6 Å². The second-order valence-corrected chi connectivity index (χ2v) is 6.34. The van der Waals surface area contributed by atoms with Crippen LogP contribution in [0, 0.1) is 10.1 Å². The minimum atomic E-state index is -1.15. The van der Waals surface area contributed by atoms with Gasteiger partial charge >= 0.3 is 5.69 Å². The zero-order valence-corrected chi connectivity index (χ0v) is 15.1. The molecule has 0 aliphatic rings. The molecular formula is C15H17ClN6O5. The Morgan fingerprint density at radius 1 is 1.41 bits per heavy atom. The number of ether oxygens (including phenoxy) is 1. The van der Waals surface area contributed by atoms with E-state index in [0.29, 0.717) is 10.8 Å². The molecule has 0 unspecified atom stereocenters. The van der Waals surface area contributed by atoms with E-state index < -0.39 is 22.0 Å². The van der Waals surface area contributed by atoms with Gasteiger partial charge in [-0.3, -0.25) is 10.1 Å². The Bertz CT molecular complexity index is 872. The van der Waals surface area contributed by atoms with E-state index in [9.17, 15) is 20.4 Å². The monoisotopic (exact) mass is 396 g/mol. The van der Waals surface area contributed by atoms with Crippen LogP contribution < -0.4 is 15.8 Å². The van der Waals surface area contributed by atoms with Gasteiger partial charge in [-0.1, -0.05) is 16.8 Å². The average molecular weight is 397 g/mol. The fourth-order valence-corrected chi connectivity index (χ4v) is 2.23. The Labute approximate surface area is 158 Å². The highest BCUT2D eigenvalue weighted by Gasteiger charge is 2.32. The number of aromatic hydroxyl groups is 1. The number of rotatable bonds is 7. The van der Waals surface area contributed by atoms with E-state index in [2.05, 4.69) is 20.4 Å². The van der Waals surface area contributed by atoms with Crippen molar-refractivity contribution < 1.29 is 20.0 Å². The Kier molecular flexibility index (Phi) is 5.85. The zero-order chi connectivity index (χ0) is 20.2.